The van der Waals surface area contributed by atoms with Crippen LogP contribution in [0.1, 0.15) is 55.2 Å². The summed E-state index contributed by atoms with van der Waals surface area (Å²) < 4.78 is 11.2. The van der Waals surface area contributed by atoms with Crippen molar-refractivity contribution >= 4 is 22.8 Å². The number of carbonyl (C=O) groups excluding carboxylic acids is 2. The summed E-state index contributed by atoms with van der Waals surface area (Å²) in [4.78, 5) is 39.5. The largest absolute Gasteiger partial charge is 0.484 e. The van der Waals surface area contributed by atoms with Crippen LogP contribution >= 0.6 is 0 Å². The summed E-state index contributed by atoms with van der Waals surface area (Å²) in [6, 6.07) is 15.0. The Bertz CT molecular complexity index is 1400. The number of nitrogens with zero attached hydrogens (tertiary/aromatic N) is 1. The number of carbonyl (C=O) groups is 2. The van der Waals surface area contributed by atoms with E-state index in [1.807, 2.05) is 48.2 Å². The SMILES string of the molecule is Cc1c(Cc2ccccc2)c(=O)oc2cc(OCC(=O)NCCC(=O)N3CCC4(O)CCCCC4C3)ccc12. The lowest BCUT2D eigenvalue weighted by Gasteiger charge is -2.47. The van der Waals surface area contributed by atoms with E-state index in [0.29, 0.717) is 42.8 Å². The van der Waals surface area contributed by atoms with Crippen LogP contribution in [0.25, 0.3) is 11.0 Å². The topological polar surface area (TPSA) is 109 Å². The minimum Gasteiger partial charge on any atom is -0.484 e. The number of aliphatic hydroxyl groups is 1. The zero-order chi connectivity index (χ0) is 27.4. The summed E-state index contributed by atoms with van der Waals surface area (Å²) in [6.07, 6.45) is 5.27. The Morgan fingerprint density at radius 3 is 2.79 bits per heavy atom. The molecule has 2 aliphatic rings. The zero-order valence-corrected chi connectivity index (χ0v) is 22.4. The molecule has 2 amide bonds. The van der Waals surface area contributed by atoms with Gasteiger partial charge in [0.1, 0.15) is 11.3 Å². The lowest BCUT2D eigenvalue weighted by Crippen LogP contribution is -2.54. The van der Waals surface area contributed by atoms with Gasteiger partial charge in [-0.1, -0.05) is 43.2 Å². The molecule has 3 aromatic rings. The Balaban J connectivity index is 1.11. The van der Waals surface area contributed by atoms with Crippen LogP contribution in [0.5, 0.6) is 5.75 Å². The quantitative estimate of drug-likeness (QED) is 0.428. The molecule has 0 spiro atoms. The van der Waals surface area contributed by atoms with E-state index in [1.54, 1.807) is 12.1 Å². The zero-order valence-electron chi connectivity index (χ0n) is 22.4. The van der Waals surface area contributed by atoms with Gasteiger partial charge in [-0.05, 0) is 49.4 Å². The van der Waals surface area contributed by atoms with Gasteiger partial charge < -0.3 is 24.5 Å². The highest BCUT2D eigenvalue weighted by Gasteiger charge is 2.43. The first-order valence-electron chi connectivity index (χ1n) is 13.8. The summed E-state index contributed by atoms with van der Waals surface area (Å²) in [5, 5.41) is 14.4. The molecule has 2 aromatic carbocycles. The van der Waals surface area contributed by atoms with Gasteiger partial charge in [-0.2, -0.15) is 0 Å². The van der Waals surface area contributed by atoms with Crippen molar-refractivity contribution in [3.05, 3.63) is 75.6 Å². The monoisotopic (exact) mass is 532 g/mol. The molecule has 206 valence electrons. The van der Waals surface area contributed by atoms with E-state index in [-0.39, 0.29) is 42.9 Å². The van der Waals surface area contributed by atoms with Gasteiger partial charge in [-0.3, -0.25) is 9.59 Å². The van der Waals surface area contributed by atoms with Crippen molar-refractivity contribution in [2.45, 2.75) is 57.5 Å². The molecule has 2 fully saturated rings. The van der Waals surface area contributed by atoms with Gasteiger partial charge in [-0.15, -0.1) is 0 Å². The number of benzene rings is 2. The van der Waals surface area contributed by atoms with Gasteiger partial charge in [0.25, 0.3) is 5.91 Å². The molecule has 1 aromatic heterocycles. The number of piperidine rings is 1. The van der Waals surface area contributed by atoms with Gasteiger partial charge >= 0.3 is 5.63 Å². The van der Waals surface area contributed by atoms with E-state index in [1.165, 1.54) is 0 Å². The summed E-state index contributed by atoms with van der Waals surface area (Å²) in [5.41, 5.74) is 1.92. The Kier molecular flexibility index (Phi) is 8.02. The van der Waals surface area contributed by atoms with E-state index in [4.69, 9.17) is 9.15 Å². The van der Waals surface area contributed by atoms with Crippen LogP contribution in [-0.2, 0) is 16.0 Å². The van der Waals surface area contributed by atoms with E-state index >= 15 is 0 Å². The van der Waals surface area contributed by atoms with E-state index in [0.717, 1.165) is 42.2 Å². The van der Waals surface area contributed by atoms with Crippen LogP contribution in [0.4, 0.5) is 0 Å². The van der Waals surface area contributed by atoms with Crippen molar-refractivity contribution in [3.8, 4) is 5.75 Å². The number of aryl methyl sites for hydroxylation is 1. The summed E-state index contributed by atoms with van der Waals surface area (Å²) in [5.74, 6) is 0.229. The van der Waals surface area contributed by atoms with Gasteiger partial charge in [0, 0.05) is 55.4 Å². The van der Waals surface area contributed by atoms with Crippen LogP contribution < -0.4 is 15.7 Å². The van der Waals surface area contributed by atoms with Crippen LogP contribution in [-0.4, -0.2) is 53.7 Å². The molecule has 1 aliphatic heterocycles. The molecule has 8 nitrogen and oxygen atoms in total. The standard InChI is InChI=1S/C31H36N2O6/c1-21-25-11-10-24(18-27(25)39-30(36)26(21)17-22-7-3-2-4-8-22)38-20-28(34)32-15-12-29(35)33-16-14-31(37)13-6-5-9-23(31)19-33/h2-4,7-8,10-11,18,23,37H,5-6,9,12-17,19-20H2,1H3,(H,32,34). The van der Waals surface area contributed by atoms with Crippen molar-refractivity contribution in [3.63, 3.8) is 0 Å². The number of hydrogen-bond acceptors (Lipinski definition) is 6. The second-order valence-electron chi connectivity index (χ2n) is 10.8. The van der Waals surface area contributed by atoms with E-state index in [9.17, 15) is 19.5 Å². The maximum absolute atomic E-state index is 12.7. The van der Waals surface area contributed by atoms with Crippen molar-refractivity contribution in [2.24, 2.45) is 5.92 Å². The summed E-state index contributed by atoms with van der Waals surface area (Å²) in [7, 11) is 0. The normalized spacial score (nSPS) is 20.9. The smallest absolute Gasteiger partial charge is 0.340 e. The molecular weight excluding hydrogens is 496 g/mol. The predicted molar refractivity (Wildman–Crippen MR) is 148 cm³/mol. The third-order valence-corrected chi connectivity index (χ3v) is 8.29. The number of rotatable bonds is 8. The average Bonchev–Trinajstić information content (AvgIpc) is 2.94. The van der Waals surface area contributed by atoms with Gasteiger partial charge in [0.05, 0.1) is 5.60 Å². The Morgan fingerprint density at radius 2 is 1.97 bits per heavy atom. The molecular formula is C31H36N2O6. The number of amides is 2. The molecule has 1 aliphatic carbocycles. The second kappa shape index (κ2) is 11.6. The van der Waals surface area contributed by atoms with Crippen molar-refractivity contribution in [1.29, 1.82) is 0 Å². The Labute approximate surface area is 228 Å². The van der Waals surface area contributed by atoms with Crippen molar-refractivity contribution < 1.29 is 23.8 Å². The molecule has 0 bridgehead atoms. The highest BCUT2D eigenvalue weighted by atomic mass is 16.5. The van der Waals surface area contributed by atoms with Gasteiger partial charge in [0.2, 0.25) is 5.91 Å². The first-order chi connectivity index (χ1) is 18.8. The van der Waals surface area contributed by atoms with Crippen LogP contribution in [0.3, 0.4) is 0 Å². The van der Waals surface area contributed by atoms with Crippen molar-refractivity contribution in [1.82, 2.24) is 10.2 Å². The number of hydrogen-bond donors (Lipinski definition) is 2. The highest BCUT2D eigenvalue weighted by molar-refractivity contribution is 5.83. The first-order valence-corrected chi connectivity index (χ1v) is 13.8. The molecule has 2 unspecified atom stereocenters. The maximum atomic E-state index is 12.7. The molecule has 5 rings (SSSR count). The molecule has 2 N–H and O–H groups in total. The molecule has 0 radical (unpaired) electrons. The highest BCUT2D eigenvalue weighted by Crippen LogP contribution is 2.39. The average molecular weight is 533 g/mol. The maximum Gasteiger partial charge on any atom is 0.340 e. The van der Waals surface area contributed by atoms with E-state index in [2.05, 4.69) is 5.32 Å². The number of likely N-dealkylation sites (tertiary alicyclic amines) is 1. The third-order valence-electron chi connectivity index (χ3n) is 8.29. The minimum absolute atomic E-state index is 0.00426. The lowest BCUT2D eigenvalue weighted by atomic mass is 9.71. The molecule has 2 heterocycles. The van der Waals surface area contributed by atoms with Crippen LogP contribution in [0.2, 0.25) is 0 Å². The lowest BCUT2D eigenvalue weighted by molar-refractivity contribution is -0.143. The number of nitrogens with one attached hydrogen (secondary N) is 1. The van der Waals surface area contributed by atoms with Crippen LogP contribution in [0.15, 0.2) is 57.7 Å². The first kappa shape index (κ1) is 26.9. The molecule has 8 heteroatoms. The minimum atomic E-state index is -0.616. The fourth-order valence-electron chi connectivity index (χ4n) is 5.93. The van der Waals surface area contributed by atoms with Crippen molar-refractivity contribution in [2.75, 3.05) is 26.2 Å². The third kappa shape index (κ3) is 6.17. The Hall–Kier alpha value is -3.65. The molecule has 1 saturated carbocycles. The second-order valence-corrected chi connectivity index (χ2v) is 10.8. The Morgan fingerprint density at radius 1 is 1.15 bits per heavy atom. The summed E-state index contributed by atoms with van der Waals surface area (Å²) in [6.45, 7) is 3.08. The molecule has 39 heavy (non-hydrogen) atoms. The molecule has 2 atom stereocenters. The van der Waals surface area contributed by atoms with Crippen LogP contribution in [0, 0.1) is 12.8 Å². The fourth-order valence-corrected chi connectivity index (χ4v) is 5.93. The summed E-state index contributed by atoms with van der Waals surface area (Å²) >= 11 is 0. The van der Waals surface area contributed by atoms with Gasteiger partial charge in [-0.25, -0.2) is 4.79 Å². The number of fused-ring (bicyclic) bond motifs is 2. The predicted octanol–water partition coefficient (Wildman–Crippen LogP) is 3.73. The van der Waals surface area contributed by atoms with Gasteiger partial charge in [0.15, 0.2) is 6.61 Å². The molecule has 1 saturated heterocycles. The number of ether oxygens (including phenoxy) is 1. The van der Waals surface area contributed by atoms with E-state index < -0.39 is 5.60 Å². The fraction of sp³-hybridized carbons (Fsp3) is 0.452.